The standard InChI is InChI=1S/C12H7F4NO/c13-9-3-1-7(5-10(9)18-12(15)16)8-2-4-11(14)17-6-8/h1-6,12H. The lowest BCUT2D eigenvalue weighted by molar-refractivity contribution is -0.0521. The van der Waals surface area contributed by atoms with Crippen molar-refractivity contribution in [2.75, 3.05) is 0 Å². The number of hydrogen-bond donors (Lipinski definition) is 0. The third kappa shape index (κ3) is 2.77. The number of pyridine rings is 1. The second-order valence-corrected chi connectivity index (χ2v) is 3.39. The van der Waals surface area contributed by atoms with Crippen molar-refractivity contribution in [2.24, 2.45) is 0 Å². The summed E-state index contributed by atoms with van der Waals surface area (Å²) in [4.78, 5) is 3.42. The quantitative estimate of drug-likeness (QED) is 0.618. The van der Waals surface area contributed by atoms with Gasteiger partial charge in [0.05, 0.1) is 0 Å². The smallest absolute Gasteiger partial charge is 0.387 e. The average Bonchev–Trinajstić information content (AvgIpc) is 2.32. The van der Waals surface area contributed by atoms with Gasteiger partial charge in [-0.05, 0) is 29.8 Å². The molecule has 2 nitrogen and oxygen atoms in total. The summed E-state index contributed by atoms with van der Waals surface area (Å²) in [6, 6.07) is 5.99. The highest BCUT2D eigenvalue weighted by atomic mass is 19.3. The molecule has 1 aromatic heterocycles. The van der Waals surface area contributed by atoms with Gasteiger partial charge in [0.1, 0.15) is 0 Å². The highest BCUT2D eigenvalue weighted by Gasteiger charge is 2.11. The highest BCUT2D eigenvalue weighted by molar-refractivity contribution is 5.64. The van der Waals surface area contributed by atoms with Crippen LogP contribution in [-0.4, -0.2) is 11.6 Å². The summed E-state index contributed by atoms with van der Waals surface area (Å²) in [7, 11) is 0. The topological polar surface area (TPSA) is 22.1 Å². The molecule has 0 aliphatic rings. The lowest BCUT2D eigenvalue weighted by atomic mass is 10.1. The molecule has 18 heavy (non-hydrogen) atoms. The van der Waals surface area contributed by atoms with Crippen molar-refractivity contribution >= 4 is 0 Å². The van der Waals surface area contributed by atoms with Gasteiger partial charge in [-0.25, -0.2) is 9.37 Å². The predicted octanol–water partition coefficient (Wildman–Crippen LogP) is 3.63. The van der Waals surface area contributed by atoms with Crippen LogP contribution in [0.3, 0.4) is 0 Å². The Hall–Kier alpha value is -2.11. The number of hydrogen-bond acceptors (Lipinski definition) is 2. The minimum absolute atomic E-state index is 0.402. The SMILES string of the molecule is Fc1ccc(-c2ccc(F)c(OC(F)F)c2)cn1. The Morgan fingerprint density at radius 1 is 1.00 bits per heavy atom. The van der Waals surface area contributed by atoms with Crippen LogP contribution in [0.15, 0.2) is 36.5 Å². The molecule has 0 unspecified atom stereocenters. The molecule has 0 saturated carbocycles. The summed E-state index contributed by atoms with van der Waals surface area (Å²) < 4.78 is 53.9. The van der Waals surface area contributed by atoms with E-state index >= 15 is 0 Å². The number of ether oxygens (including phenoxy) is 1. The van der Waals surface area contributed by atoms with Crippen LogP contribution in [0.2, 0.25) is 0 Å². The largest absolute Gasteiger partial charge is 0.432 e. The van der Waals surface area contributed by atoms with Crippen LogP contribution >= 0.6 is 0 Å². The summed E-state index contributed by atoms with van der Waals surface area (Å²) in [5, 5.41) is 0. The molecule has 94 valence electrons. The first-order valence-electron chi connectivity index (χ1n) is 4.92. The van der Waals surface area contributed by atoms with E-state index in [2.05, 4.69) is 9.72 Å². The van der Waals surface area contributed by atoms with E-state index in [0.29, 0.717) is 11.1 Å². The van der Waals surface area contributed by atoms with E-state index in [1.807, 2.05) is 0 Å². The first-order chi connectivity index (χ1) is 8.56. The summed E-state index contributed by atoms with van der Waals surface area (Å²) in [5.41, 5.74) is 0.870. The zero-order chi connectivity index (χ0) is 13.1. The first kappa shape index (κ1) is 12.3. The third-order valence-corrected chi connectivity index (χ3v) is 2.21. The molecule has 2 aromatic rings. The molecule has 0 radical (unpaired) electrons. The number of benzene rings is 1. The van der Waals surface area contributed by atoms with E-state index in [1.54, 1.807) is 0 Å². The molecule has 1 aromatic carbocycles. The molecule has 0 atom stereocenters. The Morgan fingerprint density at radius 3 is 2.33 bits per heavy atom. The van der Waals surface area contributed by atoms with Gasteiger partial charge >= 0.3 is 6.61 Å². The van der Waals surface area contributed by atoms with Crippen molar-refractivity contribution < 1.29 is 22.3 Å². The molecular weight excluding hydrogens is 250 g/mol. The van der Waals surface area contributed by atoms with Gasteiger partial charge < -0.3 is 4.74 Å². The third-order valence-electron chi connectivity index (χ3n) is 2.21. The zero-order valence-electron chi connectivity index (χ0n) is 8.91. The summed E-state index contributed by atoms with van der Waals surface area (Å²) in [6.45, 7) is -3.11. The van der Waals surface area contributed by atoms with E-state index in [0.717, 1.165) is 18.2 Å². The highest BCUT2D eigenvalue weighted by Crippen LogP contribution is 2.27. The predicted molar refractivity (Wildman–Crippen MR) is 56.2 cm³/mol. The van der Waals surface area contributed by atoms with Crippen molar-refractivity contribution in [3.63, 3.8) is 0 Å². The van der Waals surface area contributed by atoms with Gasteiger partial charge in [0.2, 0.25) is 5.95 Å². The van der Waals surface area contributed by atoms with Crippen molar-refractivity contribution in [1.29, 1.82) is 0 Å². The van der Waals surface area contributed by atoms with Crippen LogP contribution < -0.4 is 4.74 Å². The lowest BCUT2D eigenvalue weighted by Gasteiger charge is -2.08. The van der Waals surface area contributed by atoms with Crippen LogP contribution in [-0.2, 0) is 0 Å². The Morgan fingerprint density at radius 2 is 1.72 bits per heavy atom. The summed E-state index contributed by atoms with van der Waals surface area (Å²) in [6.07, 6.45) is 1.22. The Bertz CT molecular complexity index is 542. The van der Waals surface area contributed by atoms with Crippen LogP contribution in [0, 0.1) is 11.8 Å². The normalized spacial score (nSPS) is 10.7. The van der Waals surface area contributed by atoms with E-state index in [1.165, 1.54) is 18.3 Å². The molecular formula is C12H7F4NO. The van der Waals surface area contributed by atoms with Crippen LogP contribution in [0.4, 0.5) is 17.6 Å². The number of rotatable bonds is 3. The Balaban J connectivity index is 2.37. The fourth-order valence-electron chi connectivity index (χ4n) is 1.42. The fraction of sp³-hybridized carbons (Fsp3) is 0.0833. The maximum absolute atomic E-state index is 13.2. The number of halogens is 4. The summed E-state index contributed by atoms with van der Waals surface area (Å²) in [5.74, 6) is -2.12. The fourth-order valence-corrected chi connectivity index (χ4v) is 1.42. The molecule has 0 aliphatic carbocycles. The number of nitrogens with zero attached hydrogens (tertiary/aromatic N) is 1. The van der Waals surface area contributed by atoms with Gasteiger partial charge in [-0.1, -0.05) is 6.07 Å². The molecule has 0 fully saturated rings. The molecule has 0 amide bonds. The molecule has 0 aliphatic heterocycles. The van der Waals surface area contributed by atoms with E-state index in [4.69, 9.17) is 0 Å². The Labute approximate surface area is 99.8 Å². The first-order valence-corrected chi connectivity index (χ1v) is 4.92. The minimum Gasteiger partial charge on any atom is -0.432 e. The van der Waals surface area contributed by atoms with Gasteiger partial charge in [-0.15, -0.1) is 0 Å². The molecule has 6 heteroatoms. The molecule has 0 bridgehead atoms. The van der Waals surface area contributed by atoms with Gasteiger partial charge in [0, 0.05) is 11.8 Å². The van der Waals surface area contributed by atoms with E-state index < -0.39 is 24.1 Å². The van der Waals surface area contributed by atoms with E-state index in [9.17, 15) is 17.6 Å². The number of alkyl halides is 2. The van der Waals surface area contributed by atoms with Gasteiger partial charge in [-0.2, -0.15) is 13.2 Å². The minimum atomic E-state index is -3.11. The van der Waals surface area contributed by atoms with Crippen LogP contribution in [0.5, 0.6) is 5.75 Å². The molecule has 0 spiro atoms. The molecule has 0 N–H and O–H groups in total. The average molecular weight is 257 g/mol. The molecule has 2 rings (SSSR count). The van der Waals surface area contributed by atoms with Crippen molar-refractivity contribution in [1.82, 2.24) is 4.98 Å². The van der Waals surface area contributed by atoms with Crippen molar-refractivity contribution in [3.05, 3.63) is 48.3 Å². The van der Waals surface area contributed by atoms with Crippen LogP contribution in [0.25, 0.3) is 11.1 Å². The van der Waals surface area contributed by atoms with Gasteiger partial charge in [-0.3, -0.25) is 0 Å². The molecule has 1 heterocycles. The number of aromatic nitrogens is 1. The van der Waals surface area contributed by atoms with Crippen LogP contribution in [0.1, 0.15) is 0 Å². The van der Waals surface area contributed by atoms with Crippen molar-refractivity contribution in [2.45, 2.75) is 6.61 Å². The molecule has 0 saturated heterocycles. The maximum atomic E-state index is 13.2. The second-order valence-electron chi connectivity index (χ2n) is 3.39. The van der Waals surface area contributed by atoms with Gasteiger partial charge in [0.15, 0.2) is 11.6 Å². The monoisotopic (exact) mass is 257 g/mol. The van der Waals surface area contributed by atoms with Crippen molar-refractivity contribution in [3.8, 4) is 16.9 Å². The second kappa shape index (κ2) is 5.03. The maximum Gasteiger partial charge on any atom is 0.387 e. The van der Waals surface area contributed by atoms with Gasteiger partial charge in [0.25, 0.3) is 0 Å². The zero-order valence-corrected chi connectivity index (χ0v) is 8.91. The van der Waals surface area contributed by atoms with E-state index in [-0.39, 0.29) is 0 Å². The summed E-state index contributed by atoms with van der Waals surface area (Å²) >= 11 is 0. The lowest BCUT2D eigenvalue weighted by Crippen LogP contribution is -2.03. The Kier molecular flexibility index (Phi) is 3.45.